The number of fused-ring (bicyclic) bond motifs is 1. The molecule has 0 N–H and O–H groups in total. The fraction of sp³-hybridized carbons (Fsp3) is 0.714. The van der Waals surface area contributed by atoms with E-state index in [4.69, 9.17) is 0 Å². The summed E-state index contributed by atoms with van der Waals surface area (Å²) in [6, 6.07) is 0. The molecule has 0 aromatic heterocycles. The van der Waals surface area contributed by atoms with E-state index in [-0.39, 0.29) is 0 Å². The average Bonchev–Trinajstić information content (AvgIpc) is 2.29. The van der Waals surface area contributed by atoms with E-state index in [9.17, 15) is 0 Å². The van der Waals surface area contributed by atoms with Crippen LogP contribution in [0.2, 0.25) is 0 Å². The summed E-state index contributed by atoms with van der Waals surface area (Å²) in [6.07, 6.45) is 1.40. The predicted molar refractivity (Wildman–Crippen MR) is 39.3 cm³/mol. The highest BCUT2D eigenvalue weighted by molar-refractivity contribution is 7.81. The lowest BCUT2D eigenvalue weighted by Gasteiger charge is -1.89. The zero-order valence-electron chi connectivity index (χ0n) is 5.31. The Morgan fingerprint density at radius 3 is 2.75 bits per heavy atom. The van der Waals surface area contributed by atoms with Crippen molar-refractivity contribution in [1.82, 2.24) is 0 Å². The normalized spacial score (nSPS) is 42.8. The molecule has 0 aromatic carbocycles. The van der Waals surface area contributed by atoms with E-state index in [2.05, 4.69) is 13.8 Å². The molecule has 1 aliphatic carbocycles. The maximum absolute atomic E-state index is 2.34. The van der Waals surface area contributed by atoms with Gasteiger partial charge in [-0.3, -0.25) is 0 Å². The number of thiol groups is 1. The Balaban J connectivity index is 2.14. The molecule has 2 aliphatic rings. The highest BCUT2D eigenvalue weighted by Crippen LogP contribution is 2.45. The molecule has 8 heavy (non-hydrogen) atoms. The number of rotatable bonds is 0. The Bertz CT molecular complexity index is 158. The summed E-state index contributed by atoms with van der Waals surface area (Å²) in [7, 11) is 0. The number of hydrogen-bond acceptors (Lipinski definition) is 0. The molecular weight excluding hydrogens is 116 g/mol. The summed E-state index contributed by atoms with van der Waals surface area (Å²) >= 11 is 1.68. The third kappa shape index (κ3) is 0.482. The Kier molecular flexibility index (Phi) is 0.815. The first-order valence-electron chi connectivity index (χ1n) is 3.18. The van der Waals surface area contributed by atoms with Gasteiger partial charge >= 0.3 is 0 Å². The van der Waals surface area contributed by atoms with Crippen LogP contribution in [-0.4, -0.2) is 10.5 Å². The van der Waals surface area contributed by atoms with Gasteiger partial charge in [-0.2, -0.15) is 0 Å². The lowest BCUT2D eigenvalue weighted by Crippen LogP contribution is -2.00. The second-order valence-electron chi connectivity index (χ2n) is 2.81. The predicted octanol–water partition coefficient (Wildman–Crippen LogP) is 1.29. The van der Waals surface area contributed by atoms with Crippen LogP contribution in [0.25, 0.3) is 0 Å². The van der Waals surface area contributed by atoms with Gasteiger partial charge in [0.1, 0.15) is 5.25 Å². The van der Waals surface area contributed by atoms with Crippen LogP contribution < -0.4 is 0 Å². The molecule has 0 amide bonds. The quantitative estimate of drug-likeness (QED) is 0.261. The molecule has 0 spiro atoms. The van der Waals surface area contributed by atoms with Crippen LogP contribution in [0.15, 0.2) is 11.1 Å². The molecular formula is C7H11S+. The highest BCUT2D eigenvalue weighted by Gasteiger charge is 2.48. The van der Waals surface area contributed by atoms with E-state index in [0.29, 0.717) is 0 Å². The smallest absolute Gasteiger partial charge is 0.0382 e. The minimum Gasteiger partial charge on any atom is -0.0382 e. The molecule has 2 unspecified atom stereocenters. The van der Waals surface area contributed by atoms with Crippen molar-refractivity contribution in [2.45, 2.75) is 30.8 Å². The molecule has 1 heteroatoms. The Labute approximate surface area is 54.4 Å². The first kappa shape index (κ1) is 4.92. The van der Waals surface area contributed by atoms with Crippen LogP contribution in [0, 0.1) is 0 Å². The van der Waals surface area contributed by atoms with E-state index < -0.39 is 0 Å². The lowest BCUT2D eigenvalue weighted by molar-refractivity contribution is 0.982. The van der Waals surface area contributed by atoms with Crippen molar-refractivity contribution in [1.29, 1.82) is 0 Å². The van der Waals surface area contributed by atoms with Gasteiger partial charge in [-0.05, 0) is 36.8 Å². The lowest BCUT2D eigenvalue weighted by atomic mass is 10.3. The molecule has 1 heterocycles. The summed E-state index contributed by atoms with van der Waals surface area (Å²) < 4.78 is 0. The average molecular weight is 127 g/mol. The molecule has 1 aliphatic heterocycles. The van der Waals surface area contributed by atoms with E-state index in [1.165, 1.54) is 6.42 Å². The monoisotopic (exact) mass is 127 g/mol. The summed E-state index contributed by atoms with van der Waals surface area (Å²) in [6.45, 7) is 4.62. The third-order valence-corrected chi connectivity index (χ3v) is 3.77. The second-order valence-corrected chi connectivity index (χ2v) is 4.51. The van der Waals surface area contributed by atoms with Crippen LogP contribution in [0.4, 0.5) is 0 Å². The van der Waals surface area contributed by atoms with Gasteiger partial charge in [-0.25, -0.2) is 0 Å². The van der Waals surface area contributed by atoms with Gasteiger partial charge in [0.15, 0.2) is 5.25 Å². The highest BCUT2D eigenvalue weighted by atomic mass is 32.2. The van der Waals surface area contributed by atoms with Crippen molar-refractivity contribution in [2.24, 2.45) is 0 Å². The molecule has 44 valence electrons. The Morgan fingerprint density at radius 2 is 2.38 bits per heavy atom. The van der Waals surface area contributed by atoms with Crippen LogP contribution in [0.5, 0.6) is 0 Å². The van der Waals surface area contributed by atoms with Gasteiger partial charge in [0.05, 0.1) is 0 Å². The van der Waals surface area contributed by atoms with Gasteiger partial charge in [0, 0.05) is 6.42 Å². The van der Waals surface area contributed by atoms with Crippen molar-refractivity contribution >= 4 is 11.8 Å². The summed E-state index contributed by atoms with van der Waals surface area (Å²) in [4.78, 5) is 0. The maximum atomic E-state index is 2.34. The van der Waals surface area contributed by atoms with Crippen LogP contribution >= 0.6 is 0 Å². The molecule has 1 fully saturated rings. The topological polar surface area (TPSA) is 0 Å². The van der Waals surface area contributed by atoms with E-state index in [1.807, 2.05) is 0 Å². The SMILES string of the molecule is CC1=C2CC(C)[SH+]C12. The number of hydrogen-bond donors (Lipinski definition) is 0. The van der Waals surface area contributed by atoms with E-state index in [1.54, 1.807) is 22.9 Å². The summed E-state index contributed by atoms with van der Waals surface area (Å²) in [5.74, 6) is 0. The zero-order valence-corrected chi connectivity index (χ0v) is 6.20. The van der Waals surface area contributed by atoms with Crippen molar-refractivity contribution in [3.05, 3.63) is 11.1 Å². The summed E-state index contributed by atoms with van der Waals surface area (Å²) in [5, 5.41) is 1.93. The molecule has 0 aromatic rings. The van der Waals surface area contributed by atoms with Crippen molar-refractivity contribution in [3.63, 3.8) is 0 Å². The Morgan fingerprint density at radius 1 is 1.62 bits per heavy atom. The molecule has 1 saturated heterocycles. The van der Waals surface area contributed by atoms with Crippen molar-refractivity contribution in [3.8, 4) is 0 Å². The first-order chi connectivity index (χ1) is 3.79. The van der Waals surface area contributed by atoms with Crippen molar-refractivity contribution < 1.29 is 0 Å². The Hall–Kier alpha value is 0.0900. The minimum absolute atomic E-state index is 0.963. The molecule has 2 atom stereocenters. The van der Waals surface area contributed by atoms with Crippen LogP contribution in [0.1, 0.15) is 20.3 Å². The van der Waals surface area contributed by atoms with Gasteiger partial charge < -0.3 is 0 Å². The molecule has 0 nitrogen and oxygen atoms in total. The largest absolute Gasteiger partial charge is 0.159 e. The molecule has 0 saturated carbocycles. The van der Waals surface area contributed by atoms with Gasteiger partial charge in [0.25, 0.3) is 0 Å². The standard InChI is InChI=1S/C7H10S/c1-4-3-6-5(2)7(6)8-4/h4,7H,3H2,1-2H3/p+1. The second kappa shape index (κ2) is 1.32. The maximum Gasteiger partial charge on any atom is 0.159 e. The fourth-order valence-electron chi connectivity index (χ4n) is 1.47. The van der Waals surface area contributed by atoms with Crippen molar-refractivity contribution in [2.75, 3.05) is 0 Å². The third-order valence-electron chi connectivity index (χ3n) is 2.08. The molecule has 0 radical (unpaired) electrons. The first-order valence-corrected chi connectivity index (χ1v) is 4.22. The van der Waals surface area contributed by atoms with E-state index in [0.717, 1.165) is 10.5 Å². The van der Waals surface area contributed by atoms with Gasteiger partial charge in [-0.1, -0.05) is 0 Å². The van der Waals surface area contributed by atoms with Gasteiger partial charge in [0.2, 0.25) is 0 Å². The molecule has 2 rings (SSSR count). The zero-order chi connectivity index (χ0) is 5.72. The minimum atomic E-state index is 0.963. The fourth-order valence-corrected chi connectivity index (χ4v) is 3.09. The van der Waals surface area contributed by atoms with E-state index >= 15 is 0 Å². The van der Waals surface area contributed by atoms with Crippen LogP contribution in [-0.2, 0) is 11.8 Å². The van der Waals surface area contributed by atoms with Gasteiger partial charge in [-0.15, -0.1) is 0 Å². The van der Waals surface area contributed by atoms with Crippen LogP contribution in [0.3, 0.4) is 0 Å². The molecule has 0 bridgehead atoms. The summed E-state index contributed by atoms with van der Waals surface area (Å²) in [5.41, 5.74) is 3.48.